The van der Waals surface area contributed by atoms with Crippen molar-refractivity contribution in [3.8, 4) is 0 Å². The van der Waals surface area contributed by atoms with Gasteiger partial charge in [-0.3, -0.25) is 9.88 Å². The average molecular weight is 291 g/mol. The number of aromatic nitrogens is 1. The molecule has 0 aliphatic carbocycles. The Hall–Kier alpha value is -0.390. The molecular formula is C12H16Cl2N2O2. The van der Waals surface area contributed by atoms with Crippen molar-refractivity contribution in [3.63, 3.8) is 0 Å². The summed E-state index contributed by atoms with van der Waals surface area (Å²) in [5.74, 6) is 0. The van der Waals surface area contributed by atoms with E-state index in [2.05, 4.69) is 9.88 Å². The van der Waals surface area contributed by atoms with E-state index in [4.69, 9.17) is 27.9 Å². The summed E-state index contributed by atoms with van der Waals surface area (Å²) in [6.07, 6.45) is 2.58. The predicted octanol–water partition coefficient (Wildman–Crippen LogP) is 1.97. The second-order valence-corrected chi connectivity index (χ2v) is 5.28. The average Bonchev–Trinajstić information content (AvgIpc) is 2.75. The van der Waals surface area contributed by atoms with Crippen molar-refractivity contribution in [1.82, 2.24) is 9.88 Å². The third kappa shape index (κ3) is 3.13. The van der Waals surface area contributed by atoms with Gasteiger partial charge in [0.25, 0.3) is 0 Å². The van der Waals surface area contributed by atoms with Crippen LogP contribution in [0.15, 0.2) is 12.3 Å². The Morgan fingerprint density at radius 3 is 2.94 bits per heavy atom. The lowest BCUT2D eigenvalue weighted by Crippen LogP contribution is -2.32. The summed E-state index contributed by atoms with van der Waals surface area (Å²) >= 11 is 11.9. The molecule has 1 aliphatic rings. The van der Waals surface area contributed by atoms with Crippen molar-refractivity contribution >= 4 is 23.2 Å². The molecule has 18 heavy (non-hydrogen) atoms. The first kappa shape index (κ1) is 14.0. The molecule has 1 aliphatic heterocycles. The molecule has 1 fully saturated rings. The molecule has 1 aromatic rings. The number of rotatable bonds is 4. The quantitative estimate of drug-likeness (QED) is 0.921. The van der Waals surface area contributed by atoms with Gasteiger partial charge in [0.1, 0.15) is 0 Å². The third-order valence-electron chi connectivity index (χ3n) is 3.27. The van der Waals surface area contributed by atoms with Gasteiger partial charge in [-0.05, 0) is 12.5 Å². The lowest BCUT2D eigenvalue weighted by molar-refractivity contribution is 0.107. The van der Waals surface area contributed by atoms with E-state index in [1.165, 1.54) is 0 Å². The van der Waals surface area contributed by atoms with Crippen LogP contribution in [0.3, 0.4) is 0 Å². The van der Waals surface area contributed by atoms with E-state index in [1.807, 2.05) is 0 Å². The highest BCUT2D eigenvalue weighted by molar-refractivity contribution is 6.34. The number of halogens is 2. The molecule has 0 spiro atoms. The number of aliphatic hydroxyl groups excluding tert-OH is 1. The molecule has 0 unspecified atom stereocenters. The fourth-order valence-electron chi connectivity index (χ4n) is 2.24. The fourth-order valence-corrected chi connectivity index (χ4v) is 2.68. The molecular weight excluding hydrogens is 275 g/mol. The molecule has 100 valence electrons. The molecule has 4 nitrogen and oxygen atoms in total. The number of pyridine rings is 1. The van der Waals surface area contributed by atoms with Crippen LogP contribution in [0.2, 0.25) is 10.0 Å². The monoisotopic (exact) mass is 290 g/mol. The van der Waals surface area contributed by atoms with E-state index in [-0.39, 0.29) is 18.8 Å². The first-order chi connectivity index (χ1) is 8.63. The Labute approximate surface area is 116 Å². The summed E-state index contributed by atoms with van der Waals surface area (Å²) in [4.78, 5) is 6.37. The van der Waals surface area contributed by atoms with Gasteiger partial charge in [0.05, 0.1) is 28.5 Å². The summed E-state index contributed by atoms with van der Waals surface area (Å²) in [5, 5.41) is 10.5. The highest BCUT2D eigenvalue weighted by Crippen LogP contribution is 2.25. The van der Waals surface area contributed by atoms with E-state index >= 15 is 0 Å². The highest BCUT2D eigenvalue weighted by Gasteiger charge is 2.32. The summed E-state index contributed by atoms with van der Waals surface area (Å²) in [5.41, 5.74) is 0.774. The Bertz CT molecular complexity index is 417. The maximum absolute atomic E-state index is 9.37. The molecule has 1 saturated heterocycles. The van der Waals surface area contributed by atoms with Crippen molar-refractivity contribution in [1.29, 1.82) is 0 Å². The van der Waals surface area contributed by atoms with Gasteiger partial charge in [0.15, 0.2) is 0 Å². The van der Waals surface area contributed by atoms with Crippen LogP contribution in [-0.2, 0) is 11.3 Å². The summed E-state index contributed by atoms with van der Waals surface area (Å²) in [7, 11) is 1.69. The second kappa shape index (κ2) is 6.17. The van der Waals surface area contributed by atoms with Crippen LogP contribution >= 0.6 is 23.2 Å². The Morgan fingerprint density at radius 2 is 2.33 bits per heavy atom. The molecule has 0 bridgehead atoms. The van der Waals surface area contributed by atoms with Gasteiger partial charge in [-0.25, -0.2) is 0 Å². The lowest BCUT2D eigenvalue weighted by Gasteiger charge is -2.22. The van der Waals surface area contributed by atoms with Crippen LogP contribution in [-0.4, -0.2) is 47.4 Å². The van der Waals surface area contributed by atoms with Crippen LogP contribution in [0.5, 0.6) is 0 Å². The first-order valence-electron chi connectivity index (χ1n) is 5.81. The Morgan fingerprint density at radius 1 is 1.56 bits per heavy atom. The zero-order chi connectivity index (χ0) is 13.1. The van der Waals surface area contributed by atoms with Gasteiger partial charge >= 0.3 is 0 Å². The van der Waals surface area contributed by atoms with E-state index < -0.39 is 0 Å². The molecule has 2 heterocycles. The lowest BCUT2D eigenvalue weighted by atomic mass is 10.2. The van der Waals surface area contributed by atoms with Gasteiger partial charge < -0.3 is 9.84 Å². The fraction of sp³-hybridized carbons (Fsp3) is 0.583. The predicted molar refractivity (Wildman–Crippen MR) is 71.0 cm³/mol. The summed E-state index contributed by atoms with van der Waals surface area (Å²) < 4.78 is 5.33. The summed E-state index contributed by atoms with van der Waals surface area (Å²) in [6, 6.07) is 1.78. The Kier molecular flexibility index (Phi) is 4.81. The van der Waals surface area contributed by atoms with E-state index in [9.17, 15) is 5.11 Å². The third-order valence-corrected chi connectivity index (χ3v) is 3.80. The number of methoxy groups -OCH3 is 1. The van der Waals surface area contributed by atoms with Gasteiger partial charge in [-0.15, -0.1) is 0 Å². The second-order valence-electron chi connectivity index (χ2n) is 4.44. The zero-order valence-electron chi connectivity index (χ0n) is 10.1. The molecule has 0 saturated carbocycles. The minimum Gasteiger partial charge on any atom is -0.395 e. The van der Waals surface area contributed by atoms with Crippen LogP contribution < -0.4 is 0 Å². The maximum atomic E-state index is 9.37. The largest absolute Gasteiger partial charge is 0.395 e. The number of hydrogen-bond donors (Lipinski definition) is 1. The highest BCUT2D eigenvalue weighted by atomic mass is 35.5. The van der Waals surface area contributed by atoms with Crippen molar-refractivity contribution < 1.29 is 9.84 Å². The van der Waals surface area contributed by atoms with Gasteiger partial charge in [-0.2, -0.15) is 0 Å². The molecule has 0 amide bonds. The first-order valence-corrected chi connectivity index (χ1v) is 6.57. The van der Waals surface area contributed by atoms with Crippen molar-refractivity contribution in [2.75, 3.05) is 20.3 Å². The number of nitrogens with zero attached hydrogens (tertiary/aromatic N) is 2. The van der Waals surface area contributed by atoms with Crippen LogP contribution in [0, 0.1) is 0 Å². The standard InChI is InChI=1S/C12H16Cl2N2O2/c1-18-10-3-9(7-17)16(5-10)6-12-11(14)2-8(13)4-15-12/h2,4,9-10,17H,3,5-7H2,1H3/t9-,10+/m0/s1. The van der Waals surface area contributed by atoms with Crippen molar-refractivity contribution in [2.24, 2.45) is 0 Å². The van der Waals surface area contributed by atoms with Gasteiger partial charge in [0.2, 0.25) is 0 Å². The SMILES string of the molecule is CO[C@@H]1C[C@@H](CO)N(Cc2ncc(Cl)cc2Cl)C1. The Balaban J connectivity index is 2.08. The maximum Gasteiger partial charge on any atom is 0.0731 e. The molecule has 0 radical (unpaired) electrons. The molecule has 2 rings (SSSR count). The van der Waals surface area contributed by atoms with E-state index in [1.54, 1.807) is 19.4 Å². The van der Waals surface area contributed by atoms with Gasteiger partial charge in [-0.1, -0.05) is 23.2 Å². The van der Waals surface area contributed by atoms with E-state index in [0.29, 0.717) is 16.6 Å². The number of ether oxygens (including phenoxy) is 1. The minimum absolute atomic E-state index is 0.100. The smallest absolute Gasteiger partial charge is 0.0731 e. The van der Waals surface area contributed by atoms with E-state index in [0.717, 1.165) is 18.7 Å². The van der Waals surface area contributed by atoms with Crippen molar-refractivity contribution in [2.45, 2.75) is 25.1 Å². The molecule has 1 aromatic heterocycles. The normalized spacial score (nSPS) is 24.7. The number of hydrogen-bond acceptors (Lipinski definition) is 4. The summed E-state index contributed by atoms with van der Waals surface area (Å²) in [6.45, 7) is 1.49. The zero-order valence-corrected chi connectivity index (χ0v) is 11.7. The van der Waals surface area contributed by atoms with Crippen LogP contribution in [0.1, 0.15) is 12.1 Å². The number of aliphatic hydroxyl groups is 1. The molecule has 6 heteroatoms. The number of likely N-dealkylation sites (tertiary alicyclic amines) is 1. The topological polar surface area (TPSA) is 45.6 Å². The molecule has 2 atom stereocenters. The van der Waals surface area contributed by atoms with Crippen molar-refractivity contribution in [3.05, 3.63) is 28.0 Å². The molecule has 0 aromatic carbocycles. The molecule has 1 N–H and O–H groups in total. The van der Waals surface area contributed by atoms with Gasteiger partial charge in [0, 0.05) is 32.4 Å². The van der Waals surface area contributed by atoms with Crippen LogP contribution in [0.4, 0.5) is 0 Å². The van der Waals surface area contributed by atoms with Crippen LogP contribution in [0.25, 0.3) is 0 Å². The minimum atomic E-state index is 0.100.